The van der Waals surface area contributed by atoms with Gasteiger partial charge in [-0.2, -0.15) is 0 Å². The number of halogens is 2. The first kappa shape index (κ1) is 15.2. The normalized spacial score (nSPS) is 10.3. The molecular weight excluding hydrogens is 295 g/mol. The predicted molar refractivity (Wildman–Crippen MR) is 77.5 cm³/mol. The van der Waals surface area contributed by atoms with E-state index in [0.29, 0.717) is 22.4 Å². The quantitative estimate of drug-likeness (QED) is 0.488. The van der Waals surface area contributed by atoms with Crippen molar-refractivity contribution < 1.29 is 18.7 Å². The van der Waals surface area contributed by atoms with Crippen LogP contribution in [0.2, 0.25) is 0 Å². The van der Waals surface area contributed by atoms with E-state index in [1.807, 2.05) is 0 Å². The van der Waals surface area contributed by atoms with Crippen molar-refractivity contribution in [2.75, 3.05) is 0 Å². The Kier molecular flexibility index (Phi) is 4.38. The molecule has 0 radical (unpaired) electrons. The molecule has 0 saturated carbocycles. The maximum Gasteiger partial charge on any atom is 0.346 e. The van der Waals surface area contributed by atoms with Gasteiger partial charge in [0.05, 0.1) is 5.56 Å². The molecule has 3 nitrogen and oxygen atoms in total. The van der Waals surface area contributed by atoms with E-state index in [9.17, 15) is 14.0 Å². The molecule has 2 aromatic rings. The third kappa shape index (κ3) is 3.28. The smallest absolute Gasteiger partial charge is 0.346 e. The van der Waals surface area contributed by atoms with Gasteiger partial charge in [0, 0.05) is 5.56 Å². The summed E-state index contributed by atoms with van der Waals surface area (Å²) in [5.74, 6) is -1.14. The van der Waals surface area contributed by atoms with Crippen molar-refractivity contribution in [2.45, 2.75) is 13.8 Å². The van der Waals surface area contributed by atoms with Crippen LogP contribution in [0, 0.1) is 19.7 Å². The standard InChI is InChI=1S/C16H12ClFO3/c1-9-7-11(15(17)19)8-10(2)14(9)21-16(20)12-5-3-4-6-13(12)18/h3-8H,1-2H3. The van der Waals surface area contributed by atoms with Gasteiger partial charge in [-0.25, -0.2) is 9.18 Å². The van der Waals surface area contributed by atoms with Gasteiger partial charge < -0.3 is 4.74 Å². The zero-order chi connectivity index (χ0) is 15.6. The number of carbonyl (C=O) groups excluding carboxylic acids is 2. The highest BCUT2D eigenvalue weighted by molar-refractivity contribution is 6.67. The Bertz CT molecular complexity index is 702. The second-order valence-corrected chi connectivity index (χ2v) is 4.93. The SMILES string of the molecule is Cc1cc(C(=O)Cl)cc(C)c1OC(=O)c1ccccc1F. The summed E-state index contributed by atoms with van der Waals surface area (Å²) in [5.41, 5.74) is 1.32. The molecule has 0 heterocycles. The first-order valence-corrected chi connectivity index (χ1v) is 6.55. The lowest BCUT2D eigenvalue weighted by atomic mass is 10.1. The maximum atomic E-state index is 13.6. The van der Waals surface area contributed by atoms with Gasteiger partial charge >= 0.3 is 5.97 Å². The molecule has 5 heteroatoms. The van der Waals surface area contributed by atoms with Crippen molar-refractivity contribution in [2.24, 2.45) is 0 Å². The molecule has 0 aromatic heterocycles. The number of aryl methyl sites for hydroxylation is 2. The molecule has 0 N–H and O–H groups in total. The molecule has 2 rings (SSSR count). The molecule has 21 heavy (non-hydrogen) atoms. The van der Waals surface area contributed by atoms with Gasteiger partial charge in [0.15, 0.2) is 0 Å². The van der Waals surface area contributed by atoms with Gasteiger partial charge in [-0.05, 0) is 60.8 Å². The molecule has 2 aromatic carbocycles. The van der Waals surface area contributed by atoms with E-state index in [1.165, 1.54) is 30.3 Å². The molecule has 0 saturated heterocycles. The maximum absolute atomic E-state index is 13.6. The van der Waals surface area contributed by atoms with E-state index in [1.54, 1.807) is 19.9 Å². The van der Waals surface area contributed by atoms with Gasteiger partial charge in [0.1, 0.15) is 11.6 Å². The van der Waals surface area contributed by atoms with Crippen LogP contribution in [-0.4, -0.2) is 11.2 Å². The molecule has 0 bridgehead atoms. The molecule has 108 valence electrons. The van der Waals surface area contributed by atoms with Gasteiger partial charge in [0.2, 0.25) is 0 Å². The summed E-state index contributed by atoms with van der Waals surface area (Å²) in [6.45, 7) is 3.36. The van der Waals surface area contributed by atoms with Crippen molar-refractivity contribution >= 4 is 22.8 Å². The van der Waals surface area contributed by atoms with Crippen molar-refractivity contribution in [3.05, 3.63) is 64.5 Å². The summed E-state index contributed by atoms with van der Waals surface area (Å²) in [4.78, 5) is 23.2. The fraction of sp³-hybridized carbons (Fsp3) is 0.125. The van der Waals surface area contributed by atoms with Gasteiger partial charge in [-0.3, -0.25) is 4.79 Å². The minimum Gasteiger partial charge on any atom is -0.422 e. The molecule has 0 aliphatic heterocycles. The number of hydrogen-bond acceptors (Lipinski definition) is 3. The van der Waals surface area contributed by atoms with E-state index in [-0.39, 0.29) is 5.56 Å². The number of rotatable bonds is 3. The molecule has 0 spiro atoms. The fourth-order valence-corrected chi connectivity index (χ4v) is 2.11. The predicted octanol–water partition coefficient (Wildman–Crippen LogP) is 4.04. The van der Waals surface area contributed by atoms with E-state index in [2.05, 4.69) is 0 Å². The van der Waals surface area contributed by atoms with Crippen LogP contribution in [0.3, 0.4) is 0 Å². The van der Waals surface area contributed by atoms with E-state index in [0.717, 1.165) is 0 Å². The Morgan fingerprint density at radius 3 is 2.19 bits per heavy atom. The summed E-state index contributed by atoms with van der Waals surface area (Å²) in [5, 5.41) is -0.590. The van der Waals surface area contributed by atoms with Gasteiger partial charge in [-0.1, -0.05) is 12.1 Å². The summed E-state index contributed by atoms with van der Waals surface area (Å²) < 4.78 is 18.8. The first-order valence-electron chi connectivity index (χ1n) is 6.18. The number of carbonyl (C=O) groups is 2. The molecule has 0 fully saturated rings. The van der Waals surface area contributed by atoms with Gasteiger partial charge in [-0.15, -0.1) is 0 Å². The lowest BCUT2D eigenvalue weighted by Crippen LogP contribution is -2.12. The van der Waals surface area contributed by atoms with E-state index in [4.69, 9.17) is 16.3 Å². The largest absolute Gasteiger partial charge is 0.422 e. The monoisotopic (exact) mass is 306 g/mol. The van der Waals surface area contributed by atoms with Crippen LogP contribution >= 0.6 is 11.6 Å². The van der Waals surface area contributed by atoms with Crippen LogP contribution in [-0.2, 0) is 0 Å². The average Bonchev–Trinajstić information content (AvgIpc) is 2.42. The van der Waals surface area contributed by atoms with Crippen LogP contribution < -0.4 is 4.74 Å². The zero-order valence-corrected chi connectivity index (χ0v) is 12.2. The summed E-state index contributed by atoms with van der Waals surface area (Å²) in [6.07, 6.45) is 0. The molecule has 0 aliphatic rings. The Hall–Kier alpha value is -2.20. The Labute approximate surface area is 126 Å². The highest BCUT2D eigenvalue weighted by Crippen LogP contribution is 2.26. The third-order valence-corrected chi connectivity index (χ3v) is 3.19. The lowest BCUT2D eigenvalue weighted by molar-refractivity contribution is 0.0727. The topological polar surface area (TPSA) is 43.4 Å². The van der Waals surface area contributed by atoms with Gasteiger partial charge in [0.25, 0.3) is 5.24 Å². The molecule has 0 unspecified atom stereocenters. The van der Waals surface area contributed by atoms with Crippen LogP contribution in [0.25, 0.3) is 0 Å². The van der Waals surface area contributed by atoms with Crippen LogP contribution in [0.15, 0.2) is 36.4 Å². The number of benzene rings is 2. The van der Waals surface area contributed by atoms with Crippen LogP contribution in [0.4, 0.5) is 4.39 Å². The van der Waals surface area contributed by atoms with Crippen LogP contribution in [0.5, 0.6) is 5.75 Å². The minimum absolute atomic E-state index is 0.145. The van der Waals surface area contributed by atoms with Crippen molar-refractivity contribution in [1.82, 2.24) is 0 Å². The molecule has 0 atom stereocenters. The first-order chi connectivity index (χ1) is 9.90. The summed E-state index contributed by atoms with van der Waals surface area (Å²) in [6, 6.07) is 8.61. The summed E-state index contributed by atoms with van der Waals surface area (Å²) >= 11 is 5.43. The van der Waals surface area contributed by atoms with E-state index >= 15 is 0 Å². The second kappa shape index (κ2) is 6.06. The zero-order valence-electron chi connectivity index (χ0n) is 11.4. The minimum atomic E-state index is -0.788. The highest BCUT2D eigenvalue weighted by Gasteiger charge is 2.17. The highest BCUT2D eigenvalue weighted by atomic mass is 35.5. The average molecular weight is 307 g/mol. The third-order valence-electron chi connectivity index (χ3n) is 2.98. The number of hydrogen-bond donors (Lipinski definition) is 0. The van der Waals surface area contributed by atoms with Crippen molar-refractivity contribution in [3.8, 4) is 5.75 Å². The number of esters is 1. The Balaban J connectivity index is 2.34. The Morgan fingerprint density at radius 1 is 1.10 bits per heavy atom. The molecule has 0 aliphatic carbocycles. The molecule has 0 amide bonds. The summed E-state index contributed by atoms with van der Waals surface area (Å²) in [7, 11) is 0. The molecular formula is C16H12ClFO3. The fourth-order valence-electron chi connectivity index (χ4n) is 2.00. The number of ether oxygens (including phenoxy) is 1. The van der Waals surface area contributed by atoms with Crippen molar-refractivity contribution in [1.29, 1.82) is 0 Å². The van der Waals surface area contributed by atoms with E-state index < -0.39 is 17.0 Å². The van der Waals surface area contributed by atoms with Crippen molar-refractivity contribution in [3.63, 3.8) is 0 Å². The van der Waals surface area contributed by atoms with Crippen LogP contribution in [0.1, 0.15) is 31.8 Å². The second-order valence-electron chi connectivity index (χ2n) is 4.58. The Morgan fingerprint density at radius 2 is 1.67 bits per heavy atom. The lowest BCUT2D eigenvalue weighted by Gasteiger charge is -2.12.